The quantitative estimate of drug-likeness (QED) is 0.737. The van der Waals surface area contributed by atoms with Crippen LogP contribution in [0.3, 0.4) is 0 Å². The van der Waals surface area contributed by atoms with E-state index in [-0.39, 0.29) is 5.69 Å². The molecule has 3 heterocycles. The Morgan fingerprint density at radius 1 is 1.00 bits per heavy atom. The predicted octanol–water partition coefficient (Wildman–Crippen LogP) is 2.89. The van der Waals surface area contributed by atoms with Crippen molar-refractivity contribution in [3.05, 3.63) is 65.1 Å². The van der Waals surface area contributed by atoms with E-state index in [0.29, 0.717) is 11.4 Å². The van der Waals surface area contributed by atoms with Crippen LogP contribution in [0.4, 0.5) is 5.82 Å². The zero-order valence-electron chi connectivity index (χ0n) is 13.2. The molecular formula is C18H14N4O2. The van der Waals surface area contributed by atoms with E-state index in [1.54, 1.807) is 12.1 Å². The first-order chi connectivity index (χ1) is 11.6. The van der Waals surface area contributed by atoms with Gasteiger partial charge in [0.1, 0.15) is 5.69 Å². The Hall–Kier alpha value is -3.28. The number of hydrogen-bond acceptors (Lipinski definition) is 4. The van der Waals surface area contributed by atoms with Gasteiger partial charge >= 0.3 is 0 Å². The molecule has 1 aliphatic rings. The topological polar surface area (TPSA) is 79.0 Å². The monoisotopic (exact) mass is 318 g/mol. The van der Waals surface area contributed by atoms with E-state index in [0.717, 1.165) is 27.3 Å². The number of aryl methyl sites for hydroxylation is 2. The number of carbonyl (C=O) groups excluding carboxylic acids is 2. The summed E-state index contributed by atoms with van der Waals surface area (Å²) in [7, 11) is 0. The summed E-state index contributed by atoms with van der Waals surface area (Å²) in [5.74, 6) is -0.539. The SMILES string of the molecule is Cc1ccc(-c2c(N3C(=O)c4cccnc4C3=O)n[nH]c2C)cc1. The van der Waals surface area contributed by atoms with Crippen molar-refractivity contribution in [3.63, 3.8) is 0 Å². The maximum atomic E-state index is 12.7. The molecule has 0 aliphatic carbocycles. The van der Waals surface area contributed by atoms with Crippen LogP contribution in [0.25, 0.3) is 11.1 Å². The number of fused-ring (bicyclic) bond motifs is 1. The summed E-state index contributed by atoms with van der Waals surface area (Å²) in [6.45, 7) is 3.87. The molecule has 0 atom stereocenters. The van der Waals surface area contributed by atoms with Crippen molar-refractivity contribution in [2.45, 2.75) is 13.8 Å². The number of carbonyl (C=O) groups is 2. The number of aromatic amines is 1. The molecule has 3 aromatic rings. The molecule has 6 heteroatoms. The van der Waals surface area contributed by atoms with Gasteiger partial charge in [-0.15, -0.1) is 0 Å². The van der Waals surface area contributed by atoms with Crippen LogP contribution in [0, 0.1) is 13.8 Å². The Labute approximate surface area is 138 Å². The van der Waals surface area contributed by atoms with E-state index in [9.17, 15) is 9.59 Å². The second-order valence-electron chi connectivity index (χ2n) is 5.76. The molecule has 0 spiro atoms. The second kappa shape index (κ2) is 5.13. The third-order valence-corrected chi connectivity index (χ3v) is 4.13. The molecule has 0 saturated heterocycles. The molecular weight excluding hydrogens is 304 g/mol. The number of H-pyrrole nitrogens is 1. The fourth-order valence-corrected chi connectivity index (χ4v) is 2.90. The van der Waals surface area contributed by atoms with Gasteiger partial charge in [-0.05, 0) is 31.5 Å². The number of nitrogens with one attached hydrogen (secondary N) is 1. The third kappa shape index (κ3) is 1.96. The number of aromatic nitrogens is 3. The lowest BCUT2D eigenvalue weighted by Crippen LogP contribution is -2.30. The van der Waals surface area contributed by atoms with E-state index in [1.165, 1.54) is 6.20 Å². The van der Waals surface area contributed by atoms with E-state index >= 15 is 0 Å². The molecule has 2 amide bonds. The van der Waals surface area contributed by atoms with Crippen molar-refractivity contribution < 1.29 is 9.59 Å². The first kappa shape index (κ1) is 14.3. The standard InChI is InChI=1S/C18H14N4O2/c1-10-5-7-12(8-6-10)14-11(2)20-21-16(14)22-17(23)13-4-3-9-19-15(13)18(22)24/h3-9H,1-2H3,(H,20,21). The fraction of sp³-hybridized carbons (Fsp3) is 0.111. The highest BCUT2D eigenvalue weighted by molar-refractivity contribution is 6.34. The zero-order valence-corrected chi connectivity index (χ0v) is 13.2. The lowest BCUT2D eigenvalue weighted by atomic mass is 10.0. The van der Waals surface area contributed by atoms with Gasteiger partial charge in [-0.25, -0.2) is 4.90 Å². The number of pyridine rings is 1. The Kier molecular flexibility index (Phi) is 3.06. The van der Waals surface area contributed by atoms with Crippen LogP contribution in [0.2, 0.25) is 0 Å². The average molecular weight is 318 g/mol. The summed E-state index contributed by atoms with van der Waals surface area (Å²) >= 11 is 0. The third-order valence-electron chi connectivity index (χ3n) is 4.13. The Balaban J connectivity index is 1.86. The summed E-state index contributed by atoms with van der Waals surface area (Å²) in [6, 6.07) is 11.1. The lowest BCUT2D eigenvalue weighted by Gasteiger charge is -2.13. The van der Waals surface area contributed by atoms with Gasteiger partial charge < -0.3 is 0 Å². The predicted molar refractivity (Wildman–Crippen MR) is 88.9 cm³/mol. The lowest BCUT2D eigenvalue weighted by molar-refractivity contribution is 0.0923. The van der Waals surface area contributed by atoms with Gasteiger partial charge in [-0.1, -0.05) is 29.8 Å². The minimum absolute atomic E-state index is 0.165. The van der Waals surface area contributed by atoms with Crippen LogP contribution in [-0.2, 0) is 0 Å². The Morgan fingerprint density at radius 2 is 1.75 bits per heavy atom. The maximum absolute atomic E-state index is 12.7. The molecule has 6 nitrogen and oxygen atoms in total. The van der Waals surface area contributed by atoms with Crippen molar-refractivity contribution in [1.29, 1.82) is 0 Å². The van der Waals surface area contributed by atoms with E-state index in [1.807, 2.05) is 38.1 Å². The number of rotatable bonds is 2. The van der Waals surface area contributed by atoms with Gasteiger partial charge in [0, 0.05) is 17.5 Å². The molecule has 4 rings (SSSR count). The van der Waals surface area contributed by atoms with Crippen molar-refractivity contribution >= 4 is 17.6 Å². The van der Waals surface area contributed by atoms with Crippen LogP contribution in [0.15, 0.2) is 42.6 Å². The smallest absolute Gasteiger partial charge is 0.280 e. The van der Waals surface area contributed by atoms with Crippen molar-refractivity contribution in [2.24, 2.45) is 0 Å². The molecule has 0 unspecified atom stereocenters. The van der Waals surface area contributed by atoms with Gasteiger partial charge in [0.2, 0.25) is 0 Å². The molecule has 0 fully saturated rings. The summed E-state index contributed by atoms with van der Waals surface area (Å²) < 4.78 is 0. The van der Waals surface area contributed by atoms with Crippen LogP contribution < -0.4 is 4.90 Å². The van der Waals surface area contributed by atoms with Crippen molar-refractivity contribution in [1.82, 2.24) is 15.2 Å². The van der Waals surface area contributed by atoms with Crippen LogP contribution in [0.1, 0.15) is 32.1 Å². The summed E-state index contributed by atoms with van der Waals surface area (Å²) in [6.07, 6.45) is 1.50. The van der Waals surface area contributed by atoms with E-state index < -0.39 is 11.8 Å². The minimum Gasteiger partial charge on any atom is -0.280 e. The van der Waals surface area contributed by atoms with Crippen LogP contribution in [-0.4, -0.2) is 27.0 Å². The molecule has 0 saturated carbocycles. The number of imide groups is 1. The molecule has 0 bridgehead atoms. The second-order valence-corrected chi connectivity index (χ2v) is 5.76. The van der Waals surface area contributed by atoms with Gasteiger partial charge in [-0.3, -0.25) is 19.7 Å². The number of anilines is 1. The number of benzene rings is 1. The Morgan fingerprint density at radius 3 is 2.46 bits per heavy atom. The van der Waals surface area contributed by atoms with Gasteiger partial charge in [-0.2, -0.15) is 5.10 Å². The highest BCUT2D eigenvalue weighted by Crippen LogP contribution is 2.35. The molecule has 118 valence electrons. The van der Waals surface area contributed by atoms with Crippen LogP contribution >= 0.6 is 0 Å². The zero-order chi connectivity index (χ0) is 16.8. The average Bonchev–Trinajstić information content (AvgIpc) is 3.07. The van der Waals surface area contributed by atoms with Crippen LogP contribution in [0.5, 0.6) is 0 Å². The maximum Gasteiger partial charge on any atom is 0.286 e. The number of nitrogens with zero attached hydrogens (tertiary/aromatic N) is 3. The van der Waals surface area contributed by atoms with Gasteiger partial charge in [0.25, 0.3) is 11.8 Å². The molecule has 1 N–H and O–H groups in total. The minimum atomic E-state index is -0.449. The van der Waals surface area contributed by atoms with Gasteiger partial charge in [0.05, 0.1) is 5.56 Å². The summed E-state index contributed by atoms with van der Waals surface area (Å²) in [4.78, 5) is 30.4. The molecule has 0 radical (unpaired) electrons. The molecule has 1 aromatic carbocycles. The van der Waals surface area contributed by atoms with E-state index in [2.05, 4.69) is 15.2 Å². The van der Waals surface area contributed by atoms with Gasteiger partial charge in [0.15, 0.2) is 5.82 Å². The normalized spacial score (nSPS) is 13.5. The number of amides is 2. The molecule has 2 aromatic heterocycles. The van der Waals surface area contributed by atoms with E-state index in [4.69, 9.17) is 0 Å². The largest absolute Gasteiger partial charge is 0.286 e. The first-order valence-electron chi connectivity index (χ1n) is 7.53. The molecule has 24 heavy (non-hydrogen) atoms. The Bertz CT molecular complexity index is 938. The summed E-state index contributed by atoms with van der Waals surface area (Å²) in [5, 5.41) is 7.09. The first-order valence-corrected chi connectivity index (χ1v) is 7.53. The van der Waals surface area contributed by atoms with Crippen molar-refractivity contribution in [2.75, 3.05) is 4.90 Å². The number of hydrogen-bond donors (Lipinski definition) is 1. The summed E-state index contributed by atoms with van der Waals surface area (Å²) in [5.41, 5.74) is 4.02. The highest BCUT2D eigenvalue weighted by atomic mass is 16.2. The highest BCUT2D eigenvalue weighted by Gasteiger charge is 2.40. The fourth-order valence-electron chi connectivity index (χ4n) is 2.90. The van der Waals surface area contributed by atoms with Crippen molar-refractivity contribution in [3.8, 4) is 11.1 Å². The molecule has 1 aliphatic heterocycles.